The van der Waals surface area contributed by atoms with Gasteiger partial charge in [-0.15, -0.1) is 0 Å². The quantitative estimate of drug-likeness (QED) is 0.843. The van der Waals surface area contributed by atoms with Gasteiger partial charge in [0.15, 0.2) is 0 Å². The highest BCUT2D eigenvalue weighted by Crippen LogP contribution is 2.33. The lowest BCUT2D eigenvalue weighted by atomic mass is 9.82. The van der Waals surface area contributed by atoms with Gasteiger partial charge in [0.05, 0.1) is 18.4 Å². The van der Waals surface area contributed by atoms with Gasteiger partial charge in [-0.2, -0.15) is 5.26 Å². The average molecular weight is 270 g/mol. The first-order chi connectivity index (χ1) is 9.65. The van der Waals surface area contributed by atoms with Gasteiger partial charge in [-0.25, -0.2) is 0 Å². The SMILES string of the molecule is CC(C)N(CCC#N)C(=O)[C@@H]1CCCc2ccccc21. The Morgan fingerprint density at radius 1 is 1.45 bits per heavy atom. The number of hydrogen-bond donors (Lipinski definition) is 0. The second-order valence-electron chi connectivity index (χ2n) is 5.68. The van der Waals surface area contributed by atoms with Crippen molar-refractivity contribution in [3.8, 4) is 6.07 Å². The maximum Gasteiger partial charge on any atom is 0.230 e. The third-order valence-corrected chi connectivity index (χ3v) is 4.04. The number of nitriles is 1. The predicted octanol–water partition coefficient (Wildman–Crippen LogP) is 3.26. The van der Waals surface area contributed by atoms with Crippen molar-refractivity contribution < 1.29 is 4.79 Å². The van der Waals surface area contributed by atoms with Gasteiger partial charge >= 0.3 is 0 Å². The molecule has 1 aromatic rings. The molecule has 0 spiro atoms. The summed E-state index contributed by atoms with van der Waals surface area (Å²) in [5, 5.41) is 8.76. The van der Waals surface area contributed by atoms with E-state index >= 15 is 0 Å². The number of rotatable bonds is 4. The Balaban J connectivity index is 2.22. The van der Waals surface area contributed by atoms with Crippen molar-refractivity contribution in [2.45, 2.75) is 51.5 Å². The molecule has 1 atom stereocenters. The van der Waals surface area contributed by atoms with E-state index in [-0.39, 0.29) is 17.9 Å². The first kappa shape index (κ1) is 14.6. The van der Waals surface area contributed by atoms with Crippen LogP contribution in [0.5, 0.6) is 0 Å². The van der Waals surface area contributed by atoms with E-state index in [1.54, 1.807) is 0 Å². The van der Waals surface area contributed by atoms with E-state index in [9.17, 15) is 4.79 Å². The number of benzene rings is 1. The first-order valence-electron chi connectivity index (χ1n) is 7.40. The molecule has 1 amide bonds. The van der Waals surface area contributed by atoms with Crippen molar-refractivity contribution in [2.24, 2.45) is 0 Å². The van der Waals surface area contributed by atoms with Crippen LogP contribution in [0.15, 0.2) is 24.3 Å². The minimum atomic E-state index is -0.0268. The second kappa shape index (κ2) is 6.56. The first-order valence-corrected chi connectivity index (χ1v) is 7.40. The van der Waals surface area contributed by atoms with Crippen molar-refractivity contribution >= 4 is 5.91 Å². The van der Waals surface area contributed by atoms with Crippen LogP contribution >= 0.6 is 0 Å². The normalized spacial score (nSPS) is 17.4. The molecule has 3 heteroatoms. The van der Waals surface area contributed by atoms with Gasteiger partial charge in [-0.05, 0) is 44.2 Å². The molecule has 1 aliphatic rings. The Kier molecular flexibility index (Phi) is 4.79. The molecule has 0 saturated heterocycles. The van der Waals surface area contributed by atoms with E-state index in [1.165, 1.54) is 11.1 Å². The van der Waals surface area contributed by atoms with Crippen molar-refractivity contribution in [3.63, 3.8) is 0 Å². The molecule has 20 heavy (non-hydrogen) atoms. The number of carbonyl (C=O) groups excluding carboxylic acids is 1. The van der Waals surface area contributed by atoms with E-state index in [0.29, 0.717) is 13.0 Å². The fourth-order valence-corrected chi connectivity index (χ4v) is 3.00. The number of fused-ring (bicyclic) bond motifs is 1. The molecule has 0 unspecified atom stereocenters. The van der Waals surface area contributed by atoms with E-state index in [4.69, 9.17) is 5.26 Å². The van der Waals surface area contributed by atoms with Crippen LogP contribution in [0, 0.1) is 11.3 Å². The molecule has 0 heterocycles. The van der Waals surface area contributed by atoms with Gasteiger partial charge < -0.3 is 4.90 Å². The summed E-state index contributed by atoms with van der Waals surface area (Å²) in [6.07, 6.45) is 3.46. The monoisotopic (exact) mass is 270 g/mol. The zero-order valence-corrected chi connectivity index (χ0v) is 12.3. The largest absolute Gasteiger partial charge is 0.339 e. The number of nitrogens with zero attached hydrogens (tertiary/aromatic N) is 2. The predicted molar refractivity (Wildman–Crippen MR) is 79.2 cm³/mol. The average Bonchev–Trinajstić information content (AvgIpc) is 2.46. The van der Waals surface area contributed by atoms with Crippen LogP contribution in [0.3, 0.4) is 0 Å². The minimum absolute atomic E-state index is 0.0268. The lowest BCUT2D eigenvalue weighted by Crippen LogP contribution is -2.41. The highest BCUT2D eigenvalue weighted by Gasteiger charge is 2.30. The molecular formula is C17H22N2O. The van der Waals surface area contributed by atoms with E-state index in [0.717, 1.165) is 19.3 Å². The minimum Gasteiger partial charge on any atom is -0.339 e. The lowest BCUT2D eigenvalue weighted by molar-refractivity contribution is -0.134. The third kappa shape index (κ3) is 3.01. The Morgan fingerprint density at radius 3 is 2.90 bits per heavy atom. The summed E-state index contributed by atoms with van der Waals surface area (Å²) in [5.74, 6) is 0.156. The van der Waals surface area contributed by atoms with Crippen LogP contribution in [0.25, 0.3) is 0 Å². The van der Waals surface area contributed by atoms with Crippen molar-refractivity contribution in [1.82, 2.24) is 4.90 Å². The molecule has 0 aliphatic heterocycles. The smallest absolute Gasteiger partial charge is 0.230 e. The Morgan fingerprint density at radius 2 is 2.20 bits per heavy atom. The standard InChI is InChI=1S/C17H22N2O/c1-13(2)19(12-6-11-18)17(20)16-10-5-8-14-7-3-4-9-15(14)16/h3-4,7,9,13,16H,5-6,8,10,12H2,1-2H3/t16-/m1/s1. The van der Waals surface area contributed by atoms with E-state index < -0.39 is 0 Å². The fraction of sp³-hybridized carbons (Fsp3) is 0.529. The molecule has 3 nitrogen and oxygen atoms in total. The third-order valence-electron chi connectivity index (χ3n) is 4.04. The molecule has 0 bridgehead atoms. The lowest BCUT2D eigenvalue weighted by Gasteiger charge is -2.33. The van der Waals surface area contributed by atoms with Crippen molar-refractivity contribution in [2.75, 3.05) is 6.54 Å². The zero-order valence-electron chi connectivity index (χ0n) is 12.3. The number of amides is 1. The van der Waals surface area contributed by atoms with Gasteiger partial charge in [-0.3, -0.25) is 4.79 Å². The molecule has 0 N–H and O–H groups in total. The van der Waals surface area contributed by atoms with Gasteiger partial charge in [0.1, 0.15) is 0 Å². The highest BCUT2D eigenvalue weighted by molar-refractivity contribution is 5.84. The Hall–Kier alpha value is -1.82. The van der Waals surface area contributed by atoms with Crippen LogP contribution in [0.1, 0.15) is 50.2 Å². The summed E-state index contributed by atoms with van der Waals surface area (Å²) in [6, 6.07) is 10.5. The maximum absolute atomic E-state index is 12.8. The molecule has 0 aromatic heterocycles. The van der Waals surface area contributed by atoms with Crippen molar-refractivity contribution in [1.29, 1.82) is 5.26 Å². The Labute approximate surface area is 121 Å². The van der Waals surface area contributed by atoms with Crippen LogP contribution in [-0.2, 0) is 11.2 Å². The van der Waals surface area contributed by atoms with Crippen LogP contribution in [0.2, 0.25) is 0 Å². The molecule has 0 radical (unpaired) electrons. The molecule has 0 saturated carbocycles. The zero-order chi connectivity index (χ0) is 14.5. The molecular weight excluding hydrogens is 248 g/mol. The summed E-state index contributed by atoms with van der Waals surface area (Å²) in [6.45, 7) is 4.57. The number of carbonyl (C=O) groups is 1. The summed E-state index contributed by atoms with van der Waals surface area (Å²) in [5.41, 5.74) is 2.49. The number of hydrogen-bond acceptors (Lipinski definition) is 2. The topological polar surface area (TPSA) is 44.1 Å². The molecule has 106 valence electrons. The fourth-order valence-electron chi connectivity index (χ4n) is 3.00. The molecule has 0 fully saturated rings. The van der Waals surface area contributed by atoms with Crippen LogP contribution in [0.4, 0.5) is 0 Å². The number of aryl methyl sites for hydroxylation is 1. The summed E-state index contributed by atoms with van der Waals surface area (Å²) in [4.78, 5) is 14.7. The molecule has 1 aliphatic carbocycles. The molecule has 1 aromatic carbocycles. The Bertz CT molecular complexity index is 516. The van der Waals surface area contributed by atoms with E-state index in [2.05, 4.69) is 18.2 Å². The van der Waals surface area contributed by atoms with E-state index in [1.807, 2.05) is 30.9 Å². The summed E-state index contributed by atoms with van der Waals surface area (Å²) in [7, 11) is 0. The van der Waals surface area contributed by atoms with Gasteiger partial charge in [-0.1, -0.05) is 24.3 Å². The second-order valence-corrected chi connectivity index (χ2v) is 5.68. The highest BCUT2D eigenvalue weighted by atomic mass is 16.2. The maximum atomic E-state index is 12.8. The van der Waals surface area contributed by atoms with Gasteiger partial charge in [0, 0.05) is 12.6 Å². The summed E-state index contributed by atoms with van der Waals surface area (Å²) >= 11 is 0. The van der Waals surface area contributed by atoms with Crippen LogP contribution < -0.4 is 0 Å². The van der Waals surface area contributed by atoms with Crippen LogP contribution in [-0.4, -0.2) is 23.4 Å². The van der Waals surface area contributed by atoms with Gasteiger partial charge in [0.2, 0.25) is 5.91 Å². The van der Waals surface area contributed by atoms with Crippen molar-refractivity contribution in [3.05, 3.63) is 35.4 Å². The molecule has 2 rings (SSSR count). The summed E-state index contributed by atoms with van der Waals surface area (Å²) < 4.78 is 0. The van der Waals surface area contributed by atoms with Gasteiger partial charge in [0.25, 0.3) is 0 Å².